The van der Waals surface area contributed by atoms with E-state index < -0.39 is 0 Å². The molecule has 0 spiro atoms. The molecule has 0 saturated carbocycles. The lowest BCUT2D eigenvalue weighted by molar-refractivity contribution is 0.0950. The number of aromatic nitrogens is 1. The smallest absolute Gasteiger partial charge is 0.180 e. The Balaban J connectivity index is 1.94. The van der Waals surface area contributed by atoms with Gasteiger partial charge in [-0.25, -0.2) is 4.98 Å². The summed E-state index contributed by atoms with van der Waals surface area (Å²) in [5.41, 5.74) is 6.09. The summed E-state index contributed by atoms with van der Waals surface area (Å²) in [6.45, 7) is 10.5. The van der Waals surface area contributed by atoms with Crippen molar-refractivity contribution in [3.63, 3.8) is 0 Å². The first-order chi connectivity index (χ1) is 7.95. The second-order valence-electron chi connectivity index (χ2n) is 6.11. The Morgan fingerprint density at radius 2 is 2.29 bits per heavy atom. The zero-order valence-corrected chi connectivity index (χ0v) is 11.9. The molecule has 1 fully saturated rings. The molecule has 2 rings (SSSR count). The Kier molecular flexibility index (Phi) is 3.73. The second-order valence-corrected chi connectivity index (χ2v) is 7.25. The second kappa shape index (κ2) is 4.94. The normalized spacial score (nSPS) is 22.9. The van der Waals surface area contributed by atoms with E-state index in [1.54, 1.807) is 11.3 Å². The van der Waals surface area contributed by atoms with E-state index in [1.165, 1.54) is 30.8 Å². The maximum Gasteiger partial charge on any atom is 0.180 e. The topological polar surface area (TPSA) is 42.2 Å². The Hall–Kier alpha value is -0.610. The maximum atomic E-state index is 5.67. The lowest BCUT2D eigenvalue weighted by Crippen LogP contribution is -2.39. The van der Waals surface area contributed by atoms with Crippen molar-refractivity contribution in [2.24, 2.45) is 11.3 Å². The van der Waals surface area contributed by atoms with E-state index in [0.29, 0.717) is 10.5 Å². The molecule has 1 saturated heterocycles. The molecule has 0 bridgehead atoms. The minimum absolute atomic E-state index is 0.422. The van der Waals surface area contributed by atoms with Gasteiger partial charge in [0.15, 0.2) is 5.13 Å². The Labute approximate surface area is 108 Å². The zero-order chi connectivity index (χ0) is 12.5. The summed E-state index contributed by atoms with van der Waals surface area (Å²) >= 11 is 1.62. The van der Waals surface area contributed by atoms with Crippen LogP contribution in [0.1, 0.15) is 38.5 Å². The number of nitrogens with zero attached hydrogens (tertiary/aromatic N) is 2. The number of nitrogens with two attached hydrogens (primary N) is 1. The predicted molar refractivity (Wildman–Crippen MR) is 74.0 cm³/mol. The van der Waals surface area contributed by atoms with Gasteiger partial charge < -0.3 is 5.73 Å². The molecule has 1 atom stereocenters. The third-order valence-corrected chi connectivity index (χ3v) is 4.49. The number of nitrogen functional groups attached to an aromatic ring is 1. The van der Waals surface area contributed by atoms with E-state index in [9.17, 15) is 0 Å². The van der Waals surface area contributed by atoms with Gasteiger partial charge in [-0.3, -0.25) is 4.90 Å². The van der Waals surface area contributed by atoms with E-state index in [4.69, 9.17) is 5.73 Å². The molecule has 0 aliphatic carbocycles. The summed E-state index contributed by atoms with van der Waals surface area (Å²) < 4.78 is 0. The summed E-state index contributed by atoms with van der Waals surface area (Å²) in [6, 6.07) is 0. The molecular weight excluding hydrogens is 230 g/mol. The molecule has 96 valence electrons. The third kappa shape index (κ3) is 3.42. The first-order valence-electron chi connectivity index (χ1n) is 6.37. The summed E-state index contributed by atoms with van der Waals surface area (Å²) in [5.74, 6) is 0.807. The van der Waals surface area contributed by atoms with Crippen LogP contribution in [-0.2, 0) is 6.54 Å². The average Bonchev–Trinajstić information content (AvgIpc) is 2.63. The summed E-state index contributed by atoms with van der Waals surface area (Å²) in [7, 11) is 0. The van der Waals surface area contributed by atoms with E-state index in [0.717, 1.165) is 12.5 Å². The molecular formula is C13H23N3S. The van der Waals surface area contributed by atoms with Crippen LogP contribution in [0.5, 0.6) is 0 Å². The van der Waals surface area contributed by atoms with Crippen LogP contribution in [0.3, 0.4) is 0 Å². The lowest BCUT2D eigenvalue weighted by atomic mass is 9.76. The van der Waals surface area contributed by atoms with E-state index in [2.05, 4.69) is 30.7 Å². The van der Waals surface area contributed by atoms with Crippen LogP contribution < -0.4 is 5.73 Å². The van der Waals surface area contributed by atoms with Gasteiger partial charge in [-0.15, -0.1) is 11.3 Å². The van der Waals surface area contributed by atoms with Gasteiger partial charge in [0, 0.05) is 24.2 Å². The minimum atomic E-state index is 0.422. The number of piperidine rings is 1. The Morgan fingerprint density at radius 1 is 1.53 bits per heavy atom. The quantitative estimate of drug-likeness (QED) is 0.881. The monoisotopic (exact) mass is 253 g/mol. The van der Waals surface area contributed by atoms with Crippen LogP contribution in [0, 0.1) is 11.3 Å². The zero-order valence-electron chi connectivity index (χ0n) is 11.1. The van der Waals surface area contributed by atoms with E-state index in [-0.39, 0.29) is 0 Å². The standard InChI is InChI=1S/C13H23N3S/c1-13(2,3)10-5-4-6-16(8-10)9-11-7-15-12(14)17-11/h7,10H,4-6,8-9H2,1-3H3,(H2,14,15). The van der Waals surface area contributed by atoms with Gasteiger partial charge in [0.25, 0.3) is 0 Å². The van der Waals surface area contributed by atoms with Crippen molar-refractivity contribution in [1.29, 1.82) is 0 Å². The van der Waals surface area contributed by atoms with Crippen molar-refractivity contribution in [1.82, 2.24) is 9.88 Å². The van der Waals surface area contributed by atoms with E-state index in [1.807, 2.05) is 6.20 Å². The lowest BCUT2D eigenvalue weighted by Gasteiger charge is -2.39. The van der Waals surface area contributed by atoms with Crippen molar-refractivity contribution in [3.8, 4) is 0 Å². The van der Waals surface area contributed by atoms with Crippen LogP contribution >= 0.6 is 11.3 Å². The molecule has 0 aromatic carbocycles. The van der Waals surface area contributed by atoms with Crippen molar-refractivity contribution in [3.05, 3.63) is 11.1 Å². The highest BCUT2D eigenvalue weighted by Gasteiger charge is 2.29. The highest BCUT2D eigenvalue weighted by Crippen LogP contribution is 2.33. The van der Waals surface area contributed by atoms with Gasteiger partial charge in [0.1, 0.15) is 0 Å². The van der Waals surface area contributed by atoms with Crippen LogP contribution in [0.25, 0.3) is 0 Å². The number of hydrogen-bond acceptors (Lipinski definition) is 4. The SMILES string of the molecule is CC(C)(C)C1CCCN(Cc2cnc(N)s2)C1. The molecule has 1 aromatic rings. The summed E-state index contributed by atoms with van der Waals surface area (Å²) in [4.78, 5) is 7.96. The van der Waals surface area contributed by atoms with Gasteiger partial charge in [-0.2, -0.15) is 0 Å². The van der Waals surface area contributed by atoms with Crippen molar-refractivity contribution < 1.29 is 0 Å². The van der Waals surface area contributed by atoms with Gasteiger partial charge >= 0.3 is 0 Å². The molecule has 0 radical (unpaired) electrons. The minimum Gasteiger partial charge on any atom is -0.375 e. The highest BCUT2D eigenvalue weighted by molar-refractivity contribution is 7.15. The van der Waals surface area contributed by atoms with E-state index >= 15 is 0 Å². The molecule has 1 unspecified atom stereocenters. The van der Waals surface area contributed by atoms with Crippen LogP contribution in [0.2, 0.25) is 0 Å². The largest absolute Gasteiger partial charge is 0.375 e. The molecule has 0 amide bonds. The number of hydrogen-bond donors (Lipinski definition) is 1. The maximum absolute atomic E-state index is 5.67. The number of anilines is 1. The third-order valence-electron chi connectivity index (χ3n) is 3.68. The number of thiazole rings is 1. The van der Waals surface area contributed by atoms with Gasteiger partial charge in [-0.1, -0.05) is 20.8 Å². The number of rotatable bonds is 2. The molecule has 2 N–H and O–H groups in total. The summed E-state index contributed by atoms with van der Waals surface area (Å²) in [6.07, 6.45) is 4.60. The molecule has 4 heteroatoms. The molecule has 1 aliphatic heterocycles. The van der Waals surface area contributed by atoms with Crippen LogP contribution in [0.15, 0.2) is 6.20 Å². The average molecular weight is 253 g/mol. The fourth-order valence-electron chi connectivity index (χ4n) is 2.52. The Morgan fingerprint density at radius 3 is 2.88 bits per heavy atom. The van der Waals surface area contributed by atoms with Gasteiger partial charge in [0.05, 0.1) is 0 Å². The van der Waals surface area contributed by atoms with Crippen LogP contribution in [-0.4, -0.2) is 23.0 Å². The van der Waals surface area contributed by atoms with Crippen LogP contribution in [0.4, 0.5) is 5.13 Å². The number of likely N-dealkylation sites (tertiary alicyclic amines) is 1. The van der Waals surface area contributed by atoms with Crippen molar-refractivity contribution >= 4 is 16.5 Å². The predicted octanol–water partition coefficient (Wildman–Crippen LogP) is 2.98. The van der Waals surface area contributed by atoms with Crippen molar-refractivity contribution in [2.75, 3.05) is 18.8 Å². The molecule has 3 nitrogen and oxygen atoms in total. The molecule has 1 aromatic heterocycles. The first kappa shape index (κ1) is 12.8. The molecule has 17 heavy (non-hydrogen) atoms. The summed E-state index contributed by atoms with van der Waals surface area (Å²) in [5, 5.41) is 0.685. The fourth-order valence-corrected chi connectivity index (χ4v) is 3.25. The Bertz CT molecular complexity index is 367. The first-order valence-corrected chi connectivity index (χ1v) is 7.19. The molecule has 2 heterocycles. The molecule has 1 aliphatic rings. The van der Waals surface area contributed by atoms with Gasteiger partial charge in [-0.05, 0) is 30.7 Å². The highest BCUT2D eigenvalue weighted by atomic mass is 32.1. The van der Waals surface area contributed by atoms with Gasteiger partial charge in [0.2, 0.25) is 0 Å². The van der Waals surface area contributed by atoms with Crippen molar-refractivity contribution in [2.45, 2.75) is 40.2 Å². The fraction of sp³-hybridized carbons (Fsp3) is 0.769.